The molecule has 122 valence electrons. The molecule has 1 aliphatic heterocycles. The molecule has 0 radical (unpaired) electrons. The van der Waals surface area contributed by atoms with Crippen molar-refractivity contribution in [3.05, 3.63) is 34.9 Å². The van der Waals surface area contributed by atoms with Crippen molar-refractivity contribution >= 4 is 17.5 Å². The number of carbonyl (C=O) groups excluding carboxylic acids is 1. The number of likely N-dealkylation sites (tertiary alicyclic amines) is 1. The molecule has 1 aromatic rings. The number of benzene rings is 1. The van der Waals surface area contributed by atoms with E-state index in [1.807, 2.05) is 30.9 Å². The van der Waals surface area contributed by atoms with Gasteiger partial charge < -0.3 is 10.0 Å². The Morgan fingerprint density at radius 3 is 2.41 bits per heavy atom. The lowest BCUT2D eigenvalue weighted by atomic mass is 9.66. The van der Waals surface area contributed by atoms with Crippen LogP contribution in [-0.2, 0) is 10.4 Å². The van der Waals surface area contributed by atoms with Gasteiger partial charge in [0.25, 0.3) is 0 Å². The fourth-order valence-corrected chi connectivity index (χ4v) is 3.40. The van der Waals surface area contributed by atoms with Crippen LogP contribution in [0.1, 0.15) is 46.1 Å². The number of rotatable bonds is 3. The van der Waals surface area contributed by atoms with Gasteiger partial charge in [0, 0.05) is 29.9 Å². The van der Waals surface area contributed by atoms with Crippen LogP contribution in [0, 0.1) is 11.3 Å². The fourth-order valence-electron chi connectivity index (χ4n) is 3.27. The zero-order valence-electron chi connectivity index (χ0n) is 13.9. The number of aliphatic hydroxyl groups is 1. The van der Waals surface area contributed by atoms with Crippen LogP contribution in [0.4, 0.5) is 0 Å². The smallest absolute Gasteiger partial charge is 0.222 e. The lowest BCUT2D eigenvalue weighted by Crippen LogP contribution is -2.56. The van der Waals surface area contributed by atoms with Crippen molar-refractivity contribution in [3.8, 4) is 0 Å². The van der Waals surface area contributed by atoms with Gasteiger partial charge in [0.2, 0.25) is 5.91 Å². The fraction of sp³-hybridized carbons (Fsp3) is 0.611. The Bertz CT molecular complexity index is 539. The summed E-state index contributed by atoms with van der Waals surface area (Å²) in [5.74, 6) is 0.536. The minimum atomic E-state index is -0.938. The van der Waals surface area contributed by atoms with E-state index in [2.05, 4.69) is 13.8 Å². The highest BCUT2D eigenvalue weighted by atomic mass is 35.5. The van der Waals surface area contributed by atoms with Crippen molar-refractivity contribution in [1.82, 2.24) is 4.90 Å². The molecule has 0 spiro atoms. The Labute approximate surface area is 138 Å². The highest BCUT2D eigenvalue weighted by Crippen LogP contribution is 2.46. The SMILES string of the molecule is CC(C)CC(=O)N1CC[C@](O)(c2ccc(Cl)cc2)C(C)(C)C1. The van der Waals surface area contributed by atoms with E-state index >= 15 is 0 Å². The van der Waals surface area contributed by atoms with Crippen molar-refractivity contribution < 1.29 is 9.90 Å². The molecule has 0 saturated carbocycles. The van der Waals surface area contributed by atoms with Gasteiger partial charge >= 0.3 is 0 Å². The first-order chi connectivity index (χ1) is 10.2. The normalized spacial score (nSPS) is 24.6. The molecule has 1 heterocycles. The van der Waals surface area contributed by atoms with E-state index in [-0.39, 0.29) is 5.91 Å². The quantitative estimate of drug-likeness (QED) is 0.918. The Hall–Kier alpha value is -1.06. The molecular formula is C18H26ClNO2. The van der Waals surface area contributed by atoms with E-state index in [0.717, 1.165) is 5.56 Å². The van der Waals surface area contributed by atoms with Crippen LogP contribution >= 0.6 is 11.6 Å². The van der Waals surface area contributed by atoms with Crippen molar-refractivity contribution in [3.63, 3.8) is 0 Å². The summed E-state index contributed by atoms with van der Waals surface area (Å²) in [7, 11) is 0. The van der Waals surface area contributed by atoms with E-state index in [4.69, 9.17) is 11.6 Å². The van der Waals surface area contributed by atoms with Crippen LogP contribution < -0.4 is 0 Å². The molecule has 1 saturated heterocycles. The first-order valence-electron chi connectivity index (χ1n) is 7.92. The molecular weight excluding hydrogens is 298 g/mol. The number of nitrogens with zero attached hydrogens (tertiary/aromatic N) is 1. The zero-order chi connectivity index (χ0) is 16.5. The summed E-state index contributed by atoms with van der Waals surface area (Å²) in [6, 6.07) is 7.38. The Balaban J connectivity index is 2.20. The number of amides is 1. The largest absolute Gasteiger partial charge is 0.384 e. The summed E-state index contributed by atoms with van der Waals surface area (Å²) < 4.78 is 0. The number of carbonyl (C=O) groups is 1. The van der Waals surface area contributed by atoms with Gasteiger partial charge in [-0.15, -0.1) is 0 Å². The summed E-state index contributed by atoms with van der Waals surface area (Å²) in [5.41, 5.74) is -0.476. The summed E-state index contributed by atoms with van der Waals surface area (Å²) in [6.07, 6.45) is 1.11. The third-order valence-corrected chi connectivity index (χ3v) is 4.96. The Morgan fingerprint density at radius 2 is 1.91 bits per heavy atom. The molecule has 22 heavy (non-hydrogen) atoms. The summed E-state index contributed by atoms with van der Waals surface area (Å²) in [4.78, 5) is 14.2. The summed E-state index contributed by atoms with van der Waals surface area (Å²) in [5, 5.41) is 11.9. The standard InChI is InChI=1S/C18H26ClNO2/c1-13(2)11-16(21)20-10-9-18(22,17(3,4)12-20)14-5-7-15(19)8-6-14/h5-8,13,22H,9-12H2,1-4H3/t18-/m0/s1. The monoisotopic (exact) mass is 323 g/mol. The molecule has 1 aromatic carbocycles. The van der Waals surface area contributed by atoms with Crippen LogP contribution in [0.3, 0.4) is 0 Å². The molecule has 0 aliphatic carbocycles. The number of piperidine rings is 1. The molecule has 0 aromatic heterocycles. The molecule has 1 fully saturated rings. The van der Waals surface area contributed by atoms with Gasteiger partial charge in [-0.25, -0.2) is 0 Å². The van der Waals surface area contributed by atoms with Crippen molar-refractivity contribution in [2.24, 2.45) is 11.3 Å². The molecule has 1 aliphatic rings. The Morgan fingerprint density at radius 1 is 1.32 bits per heavy atom. The van der Waals surface area contributed by atoms with Gasteiger partial charge in [0.1, 0.15) is 0 Å². The second-order valence-electron chi connectivity index (χ2n) is 7.41. The first-order valence-corrected chi connectivity index (χ1v) is 8.30. The number of hydrogen-bond acceptors (Lipinski definition) is 2. The van der Waals surface area contributed by atoms with E-state index in [0.29, 0.717) is 36.9 Å². The molecule has 2 rings (SSSR count). The Kier molecular flexibility index (Phi) is 4.88. The van der Waals surface area contributed by atoms with E-state index in [9.17, 15) is 9.90 Å². The minimum absolute atomic E-state index is 0.182. The van der Waals surface area contributed by atoms with Crippen LogP contribution in [0.2, 0.25) is 5.02 Å². The molecule has 1 N–H and O–H groups in total. The molecule has 3 nitrogen and oxygen atoms in total. The topological polar surface area (TPSA) is 40.5 Å². The lowest BCUT2D eigenvalue weighted by molar-refractivity contribution is -0.153. The molecule has 1 amide bonds. The average Bonchev–Trinajstić information content (AvgIpc) is 2.41. The third-order valence-electron chi connectivity index (χ3n) is 4.71. The summed E-state index contributed by atoms with van der Waals surface area (Å²) in [6.45, 7) is 9.31. The number of halogens is 1. The van der Waals surface area contributed by atoms with Gasteiger partial charge in [-0.2, -0.15) is 0 Å². The van der Waals surface area contributed by atoms with Gasteiger partial charge in [-0.05, 0) is 30.0 Å². The highest BCUT2D eigenvalue weighted by molar-refractivity contribution is 6.30. The second kappa shape index (κ2) is 6.21. The first kappa shape index (κ1) is 17.3. The van der Waals surface area contributed by atoms with Crippen molar-refractivity contribution in [1.29, 1.82) is 0 Å². The molecule has 4 heteroatoms. The number of hydrogen-bond donors (Lipinski definition) is 1. The predicted molar refractivity (Wildman–Crippen MR) is 89.8 cm³/mol. The van der Waals surface area contributed by atoms with Gasteiger partial charge in [0.05, 0.1) is 5.60 Å². The van der Waals surface area contributed by atoms with Crippen LogP contribution in [0.25, 0.3) is 0 Å². The summed E-state index contributed by atoms with van der Waals surface area (Å²) >= 11 is 5.95. The molecule has 1 atom stereocenters. The van der Waals surface area contributed by atoms with Gasteiger partial charge in [-0.3, -0.25) is 4.79 Å². The van der Waals surface area contributed by atoms with Crippen LogP contribution in [0.5, 0.6) is 0 Å². The minimum Gasteiger partial charge on any atom is -0.384 e. The third kappa shape index (κ3) is 3.31. The second-order valence-corrected chi connectivity index (χ2v) is 7.85. The van der Waals surface area contributed by atoms with E-state index in [1.54, 1.807) is 12.1 Å². The predicted octanol–water partition coefficient (Wildman–Crippen LogP) is 3.83. The zero-order valence-corrected chi connectivity index (χ0v) is 14.7. The highest BCUT2D eigenvalue weighted by Gasteiger charge is 2.49. The van der Waals surface area contributed by atoms with Crippen LogP contribution in [-0.4, -0.2) is 29.0 Å². The van der Waals surface area contributed by atoms with Crippen LogP contribution in [0.15, 0.2) is 24.3 Å². The molecule has 0 unspecified atom stereocenters. The maximum absolute atomic E-state index is 12.3. The average molecular weight is 324 g/mol. The van der Waals surface area contributed by atoms with Crippen molar-refractivity contribution in [2.45, 2.75) is 46.1 Å². The van der Waals surface area contributed by atoms with Gasteiger partial charge in [0.15, 0.2) is 0 Å². The van der Waals surface area contributed by atoms with Gasteiger partial charge in [-0.1, -0.05) is 51.4 Å². The maximum Gasteiger partial charge on any atom is 0.222 e. The van der Waals surface area contributed by atoms with Crippen molar-refractivity contribution in [2.75, 3.05) is 13.1 Å². The maximum atomic E-state index is 12.3. The lowest BCUT2D eigenvalue weighted by Gasteiger charge is -2.50. The van der Waals surface area contributed by atoms with E-state index < -0.39 is 11.0 Å². The molecule has 0 bridgehead atoms. The van der Waals surface area contributed by atoms with E-state index in [1.165, 1.54) is 0 Å².